The van der Waals surface area contributed by atoms with Crippen LogP contribution in [0.4, 0.5) is 29.2 Å². The number of aliphatic hydroxyl groups excluding tert-OH is 1. The molecule has 0 unspecified atom stereocenters. The van der Waals surface area contributed by atoms with Crippen LogP contribution in [0.15, 0.2) is 77.7 Å². The molecule has 3 heterocycles. The molecule has 0 saturated carbocycles. The molecular weight excluding hydrogens is 668 g/mol. The Hall–Kier alpha value is -4.25. The molecule has 2 aliphatic heterocycles. The fourth-order valence-corrected chi connectivity index (χ4v) is 7.00. The summed E-state index contributed by atoms with van der Waals surface area (Å²) in [6.07, 6.45) is 5.63. The molecule has 0 amide bonds. The number of aliphatic hydroxyl groups is 1. The number of nitrogens with one attached hydrogen (secondary N) is 1. The number of phenolic OH excluding ortho intramolecular Hbond substituents is 1. The van der Waals surface area contributed by atoms with Crippen molar-refractivity contribution in [3.05, 3.63) is 83.9 Å². The maximum Gasteiger partial charge on any atom is 0.264 e. The van der Waals surface area contributed by atoms with Gasteiger partial charge >= 0.3 is 0 Å². The van der Waals surface area contributed by atoms with E-state index >= 15 is 0 Å². The summed E-state index contributed by atoms with van der Waals surface area (Å²) in [4.78, 5) is 18.8. The monoisotopic (exact) mass is 726 g/mol. The van der Waals surface area contributed by atoms with E-state index < -0.39 is 10.0 Å². The summed E-state index contributed by atoms with van der Waals surface area (Å²) in [5.74, 6) is 1.51. The van der Waals surface area contributed by atoms with Gasteiger partial charge in [0.1, 0.15) is 5.75 Å². The number of sulfonamides is 1. The van der Waals surface area contributed by atoms with E-state index in [1.54, 1.807) is 36.4 Å². The molecule has 2 aliphatic rings. The average molecular weight is 727 g/mol. The molecule has 4 aromatic rings. The Labute approximate surface area is 301 Å². The van der Waals surface area contributed by atoms with E-state index in [2.05, 4.69) is 15.1 Å². The first-order valence-electron chi connectivity index (χ1n) is 15.3. The summed E-state index contributed by atoms with van der Waals surface area (Å²) < 4.78 is 29.0. The minimum Gasteiger partial charge on any atom is -0.506 e. The van der Waals surface area contributed by atoms with Crippen molar-refractivity contribution < 1.29 is 24.3 Å². The molecule has 0 bridgehead atoms. The van der Waals surface area contributed by atoms with E-state index in [1.807, 2.05) is 37.3 Å². The highest BCUT2D eigenvalue weighted by Gasteiger charge is 2.28. The molecule has 2 saturated heterocycles. The van der Waals surface area contributed by atoms with Gasteiger partial charge in [-0.1, -0.05) is 48.0 Å². The zero-order valence-corrected chi connectivity index (χ0v) is 30.0. The lowest BCUT2D eigenvalue weighted by atomic mass is 10.1. The summed E-state index contributed by atoms with van der Waals surface area (Å²) in [7, 11) is -2.99. The Bertz CT molecular complexity index is 1690. The van der Waals surface area contributed by atoms with Crippen molar-refractivity contribution >= 4 is 51.7 Å². The topological polar surface area (TPSA) is 240 Å². The Morgan fingerprint density at radius 2 is 1.31 bits per heavy atom. The predicted octanol–water partition coefficient (Wildman–Crippen LogP) is 7.12. The first-order valence-corrected chi connectivity index (χ1v) is 16.7. The van der Waals surface area contributed by atoms with Gasteiger partial charge in [0.25, 0.3) is 10.0 Å². The second kappa shape index (κ2) is 19.7. The van der Waals surface area contributed by atoms with Crippen molar-refractivity contribution in [1.82, 2.24) is 33.4 Å². The summed E-state index contributed by atoms with van der Waals surface area (Å²) >= 11 is 0. The third-order valence-corrected chi connectivity index (χ3v) is 9.69. The van der Waals surface area contributed by atoms with Gasteiger partial charge in [-0.15, -0.1) is 12.4 Å². The lowest BCUT2D eigenvalue weighted by Crippen LogP contribution is -2.32. The molecule has 3 aromatic carbocycles. The van der Waals surface area contributed by atoms with Crippen LogP contribution in [0.1, 0.15) is 48.9 Å². The lowest BCUT2D eigenvalue weighted by Gasteiger charge is -2.28. The maximum atomic E-state index is 13.9. The first-order chi connectivity index (χ1) is 21.9. The van der Waals surface area contributed by atoms with Crippen LogP contribution in [0.2, 0.25) is 0 Å². The average Bonchev–Trinajstić information content (AvgIpc) is 3.62. The fraction of sp³-hybridized carbons (Fsp3) is 0.364. The Morgan fingerprint density at radius 1 is 0.776 bits per heavy atom. The van der Waals surface area contributed by atoms with E-state index in [0.717, 1.165) is 70.1 Å². The van der Waals surface area contributed by atoms with Crippen LogP contribution in [0.25, 0.3) is 0 Å². The number of piperidine rings is 1. The number of nitrogens with zero attached hydrogens (tertiary/aromatic N) is 6. The largest absolute Gasteiger partial charge is 0.506 e. The number of aromatic nitrogens is 3. The van der Waals surface area contributed by atoms with Gasteiger partial charge in [-0.05, 0) is 68.9 Å². The van der Waals surface area contributed by atoms with Crippen molar-refractivity contribution in [3.8, 4) is 5.75 Å². The number of anilines is 5. The third-order valence-electron chi connectivity index (χ3n) is 7.92. The van der Waals surface area contributed by atoms with E-state index in [9.17, 15) is 13.5 Å². The van der Waals surface area contributed by atoms with Crippen LogP contribution in [0, 0.1) is 6.92 Å². The smallest absolute Gasteiger partial charge is 0.264 e. The van der Waals surface area contributed by atoms with Gasteiger partial charge in [0.2, 0.25) is 17.8 Å². The molecule has 16 heteroatoms. The number of halogens is 1. The van der Waals surface area contributed by atoms with Gasteiger partial charge in [-0.3, -0.25) is 4.31 Å². The number of hydrogen-bond acceptors (Lipinski definition) is 13. The van der Waals surface area contributed by atoms with E-state index in [1.165, 1.54) is 16.8 Å². The first kappa shape index (κ1) is 42.8. The Morgan fingerprint density at radius 3 is 1.84 bits per heavy atom. The summed E-state index contributed by atoms with van der Waals surface area (Å²) in [6, 6.07) is 20.9. The lowest BCUT2D eigenvalue weighted by molar-refractivity contribution is 0.399. The summed E-state index contributed by atoms with van der Waals surface area (Å²) in [6.45, 7) is 5.60. The second-order valence-electron chi connectivity index (χ2n) is 11.1. The standard InChI is InChI=1S/C32H37N7O3S.CH4O.ClH.3H3N.4H2/c1-24-12-15-27(16-13-24)43(41,42)39(23-25-10-4-2-5-11-25)28-17-14-26(22-29(28)40)33-30-34-31(37-18-6-3-7-19-37)36-32(35-30)38-20-8-9-21-38;1-2;;;;;;;;/h2,4-5,10-17,22,40H,3,6-9,18-21,23H2,1H3,(H,33,34,35,36);2H,1H3;1H;3*1H3;4*1H. The van der Waals surface area contributed by atoms with Crippen molar-refractivity contribution in [2.45, 2.75) is 50.5 Å². The van der Waals surface area contributed by atoms with Gasteiger partial charge in [0.15, 0.2) is 0 Å². The molecule has 278 valence electrons. The number of benzene rings is 3. The third kappa shape index (κ3) is 10.4. The highest BCUT2D eigenvalue weighted by molar-refractivity contribution is 7.92. The number of rotatable bonds is 9. The van der Waals surface area contributed by atoms with Gasteiger partial charge in [-0.25, -0.2) is 8.42 Å². The molecule has 0 spiro atoms. The van der Waals surface area contributed by atoms with E-state index in [4.69, 9.17) is 20.1 Å². The SMILES string of the molecule is CO.Cc1ccc(S(=O)(=O)N(Cc2ccccc2)c2ccc(Nc3nc(N4CCCCC4)nc(N4CCCC4)n3)cc2O)cc1.Cl.N.N.N.[HH].[HH].[HH].[HH]. The van der Waals surface area contributed by atoms with Crippen LogP contribution in [0.3, 0.4) is 0 Å². The highest BCUT2D eigenvalue weighted by atomic mass is 35.5. The predicted molar refractivity (Wildman–Crippen MR) is 209 cm³/mol. The Kier molecular flexibility index (Phi) is 17.2. The second-order valence-corrected chi connectivity index (χ2v) is 13.0. The maximum absolute atomic E-state index is 13.9. The molecule has 1 aromatic heterocycles. The van der Waals surface area contributed by atoms with Gasteiger partial charge in [-0.2, -0.15) is 15.0 Å². The van der Waals surface area contributed by atoms with Crippen LogP contribution < -0.4 is 37.9 Å². The normalized spacial score (nSPS) is 13.7. The van der Waals surface area contributed by atoms with Crippen LogP contribution in [-0.2, 0) is 16.6 Å². The zero-order chi connectivity index (χ0) is 31.8. The minimum absolute atomic E-state index is 0. The molecule has 2 fully saturated rings. The Balaban J connectivity index is -0.00000118. The van der Waals surface area contributed by atoms with Crippen LogP contribution in [-0.4, -0.2) is 66.9 Å². The van der Waals surface area contributed by atoms with Gasteiger partial charge < -0.3 is 43.8 Å². The van der Waals surface area contributed by atoms with Crippen LogP contribution >= 0.6 is 12.4 Å². The van der Waals surface area contributed by atoms with Crippen molar-refractivity contribution in [2.24, 2.45) is 0 Å². The van der Waals surface area contributed by atoms with Gasteiger partial charge in [0, 0.05) is 50.7 Å². The number of aryl methyl sites for hydroxylation is 1. The summed E-state index contributed by atoms with van der Waals surface area (Å²) in [5.41, 5.74) is 2.47. The molecule has 14 nitrogen and oxygen atoms in total. The molecule has 0 radical (unpaired) electrons. The number of aromatic hydroxyl groups is 1. The minimum atomic E-state index is -3.99. The van der Waals surface area contributed by atoms with Gasteiger partial charge in [0.05, 0.1) is 17.1 Å². The quantitative estimate of drug-likeness (QED) is 0.101. The van der Waals surface area contributed by atoms with E-state index in [-0.39, 0.29) is 59.4 Å². The molecule has 49 heavy (non-hydrogen) atoms. The molecule has 6 rings (SSSR count). The zero-order valence-electron chi connectivity index (χ0n) is 28.3. The van der Waals surface area contributed by atoms with Crippen molar-refractivity contribution in [2.75, 3.05) is 52.7 Å². The van der Waals surface area contributed by atoms with Crippen LogP contribution in [0.5, 0.6) is 5.75 Å². The van der Waals surface area contributed by atoms with Crippen molar-refractivity contribution in [3.63, 3.8) is 0 Å². The molecule has 0 aliphatic carbocycles. The number of hydrogen-bond donors (Lipinski definition) is 6. The molecule has 0 atom stereocenters. The fourth-order valence-electron chi connectivity index (χ4n) is 5.53. The molecule has 12 N–H and O–H groups in total. The van der Waals surface area contributed by atoms with Crippen molar-refractivity contribution in [1.29, 1.82) is 0 Å². The summed E-state index contributed by atoms with van der Waals surface area (Å²) in [5, 5.41) is 21.5. The highest BCUT2D eigenvalue weighted by Crippen LogP contribution is 2.36. The number of phenols is 1. The van der Waals surface area contributed by atoms with E-state index in [0.29, 0.717) is 23.5 Å². The molecular formula is C33H59ClN10O4S.